The Balaban J connectivity index is 0.667. The number of amides is 8. The number of alkyl carbamates (subject to hydrolysis) is 1. The maximum atomic E-state index is 15.5. The van der Waals surface area contributed by atoms with E-state index in [-0.39, 0.29) is 145 Å². The standard InChI is InChI=1S/C78H118FN13O28/c1-5-78(102)58-45-64-70-56(48-90(64)74(98)57(58)50-119-75(78)99)68-61(13-12-55-52(4)59(79)46-63(85-70)67(55)68)87-77(101)120-49-53-8-10-54(11-9-53)84-72(96)62(7-6-15-83-76(81)100)86-73(97)69(51(2)3)88-71(95)60(80)47-65(93)82-16-22-108-24-26-110-28-30-112-32-34-114-36-38-116-40-42-118-44-43-117-41-39-115-37-35-113-33-31-111-29-27-109-25-23-107-21-14-66(94)89(17-19-91(103)104)18-20-92(105)106/h8-11,45-46,51,60-62,69,102-106H,5-7,12-44,47-50,80H2,1-4H3,(H,82,93)(H,84,96)(H,86,97)(H,87,101)(H,88,95)(H3,81,83,100)/t60-,61-,62-,69-,78-/m0/s1. The van der Waals surface area contributed by atoms with E-state index in [4.69, 9.17) is 104 Å². The lowest BCUT2D eigenvalue weighted by Crippen LogP contribution is -2.57. The van der Waals surface area contributed by atoms with E-state index in [0.29, 0.717) is 189 Å². The predicted molar refractivity (Wildman–Crippen MR) is 421 cm³/mol. The summed E-state index contributed by atoms with van der Waals surface area (Å²) >= 11 is 0. The van der Waals surface area contributed by atoms with E-state index in [1.807, 2.05) is 0 Å². The van der Waals surface area contributed by atoms with Gasteiger partial charge in [0, 0.05) is 54.4 Å². The van der Waals surface area contributed by atoms with Crippen molar-refractivity contribution < 1.29 is 135 Å². The largest absolute Gasteiger partial charge is 0.458 e. The number of carbonyl (C=O) groups is 8. The minimum absolute atomic E-state index is 0.0206. The van der Waals surface area contributed by atoms with Crippen molar-refractivity contribution in [2.45, 2.75) is 122 Å². The van der Waals surface area contributed by atoms with Crippen LogP contribution >= 0.6 is 0 Å². The molecule has 15 N–H and O–H groups in total. The van der Waals surface area contributed by atoms with Crippen LogP contribution in [0.15, 0.2) is 41.2 Å². The zero-order valence-corrected chi connectivity index (χ0v) is 68.5. The maximum Gasteiger partial charge on any atom is 0.407 e. The van der Waals surface area contributed by atoms with Crippen molar-refractivity contribution in [2.75, 3.05) is 203 Å². The Bertz CT molecular complexity index is 3950. The van der Waals surface area contributed by atoms with Crippen LogP contribution in [0.2, 0.25) is 0 Å². The average molecular weight is 1700 g/mol. The summed E-state index contributed by atoms with van der Waals surface area (Å²) < 4.78 is 94.0. The van der Waals surface area contributed by atoms with Crippen molar-refractivity contribution in [2.24, 2.45) is 17.4 Å². The number of rotatable bonds is 62. The van der Waals surface area contributed by atoms with Gasteiger partial charge in [0.15, 0.2) is 5.60 Å². The van der Waals surface area contributed by atoms with Gasteiger partial charge < -0.3 is 124 Å². The predicted octanol–water partition coefficient (Wildman–Crippen LogP) is 0.866. The van der Waals surface area contributed by atoms with Gasteiger partial charge >= 0.3 is 18.1 Å². The topological polar surface area (TPSA) is 536 Å². The van der Waals surface area contributed by atoms with Gasteiger partial charge in [-0.3, -0.25) is 49.6 Å². The van der Waals surface area contributed by atoms with E-state index in [1.54, 1.807) is 58.0 Å². The Labute approximate surface area is 693 Å². The summed E-state index contributed by atoms with van der Waals surface area (Å²) in [5.41, 5.74) is 13.3. The number of pyridine rings is 2. The molecule has 0 saturated carbocycles. The Hall–Kier alpha value is -8.71. The molecule has 2 aromatic carbocycles. The van der Waals surface area contributed by atoms with E-state index in [0.717, 1.165) is 5.56 Å². The summed E-state index contributed by atoms with van der Waals surface area (Å²) in [4.78, 5) is 125. The first-order valence-corrected chi connectivity index (χ1v) is 40.1. The number of nitrogens with zero attached hydrogens (tertiary/aromatic N) is 5. The Kier molecular flexibility index (Phi) is 43.7. The quantitative estimate of drug-likeness (QED) is 0.0146. The smallest absolute Gasteiger partial charge is 0.407 e. The van der Waals surface area contributed by atoms with Crippen LogP contribution in [0.1, 0.15) is 104 Å². The highest BCUT2D eigenvalue weighted by Crippen LogP contribution is 2.46. The molecule has 41 nitrogen and oxygen atoms in total. The number of fused-ring (bicyclic) bond motifs is 5. The fourth-order valence-corrected chi connectivity index (χ4v) is 13.0. The maximum absolute atomic E-state index is 15.5. The molecule has 4 heterocycles. The van der Waals surface area contributed by atoms with Crippen LogP contribution in [-0.4, -0.2) is 314 Å². The number of nitrogens with one attached hydrogen (secondary N) is 6. The summed E-state index contributed by atoms with van der Waals surface area (Å²) in [6.07, 6.45) is -0.265. The molecule has 0 bridgehead atoms. The van der Waals surface area contributed by atoms with Crippen LogP contribution in [0.5, 0.6) is 0 Å². The average Bonchev–Trinajstić information content (AvgIpc) is 1.51. The van der Waals surface area contributed by atoms with Gasteiger partial charge in [-0.25, -0.2) is 23.8 Å². The molecule has 4 aromatic rings. The number of hydrogen-bond donors (Lipinski definition) is 13. The van der Waals surface area contributed by atoms with E-state index in [2.05, 4.69) is 31.9 Å². The molecule has 670 valence electrons. The minimum atomic E-state index is -2.07. The molecule has 0 radical (unpaired) electrons. The Morgan fingerprint density at radius 3 is 1.68 bits per heavy atom. The second-order valence-corrected chi connectivity index (χ2v) is 28.4. The van der Waals surface area contributed by atoms with Crippen LogP contribution in [0.25, 0.3) is 22.3 Å². The normalized spacial score (nSPS) is 15.4. The van der Waals surface area contributed by atoms with Gasteiger partial charge in [-0.1, -0.05) is 43.4 Å². The number of aromatic nitrogens is 2. The molecular weight excluding hydrogens is 1590 g/mol. The van der Waals surface area contributed by atoms with Gasteiger partial charge in [0.2, 0.25) is 29.5 Å². The second kappa shape index (κ2) is 53.2. The number of aryl methyl sites for hydroxylation is 1. The molecule has 42 heteroatoms. The molecule has 8 amide bonds. The highest BCUT2D eigenvalue weighted by Gasteiger charge is 2.46. The van der Waals surface area contributed by atoms with Crippen molar-refractivity contribution in [3.63, 3.8) is 0 Å². The minimum Gasteiger partial charge on any atom is -0.458 e. The van der Waals surface area contributed by atoms with Crippen molar-refractivity contribution in [3.8, 4) is 11.4 Å². The molecule has 2 aromatic heterocycles. The van der Waals surface area contributed by atoms with Gasteiger partial charge in [-0.15, -0.1) is 0 Å². The van der Waals surface area contributed by atoms with Gasteiger partial charge in [-0.05, 0) is 85.4 Å². The fraction of sp³-hybridized carbons (Fsp3) is 0.641. The monoisotopic (exact) mass is 1700 g/mol. The molecule has 0 unspecified atom stereocenters. The lowest BCUT2D eigenvalue weighted by atomic mass is 9.81. The van der Waals surface area contributed by atoms with E-state index in [9.17, 15) is 48.3 Å². The molecular formula is C78H118FN13O28. The number of anilines is 1. The van der Waals surface area contributed by atoms with Crippen molar-refractivity contribution in [1.29, 1.82) is 0 Å². The first kappa shape index (κ1) is 98.4. The van der Waals surface area contributed by atoms with Gasteiger partial charge in [0.1, 0.15) is 31.1 Å². The SMILES string of the molecule is CC[C@@]1(O)C(=O)OCc2c1cc1n(c2=O)Cc2c-1nc1cc(F)c(C)c3c1c2[C@@H](NC(=O)OCc1ccc(NC(=O)[C@H](CCCNC(N)=O)NC(=O)[C@@H](NC(=O)[C@@H](N)CC(=O)NCCOCCOCCOCCOCCOCCOCCOCCOCCOCCOCCOCCOCCC(=O)N(CCN(O)O)CCN(O)O)C(C)C)cc1)CC3. The van der Waals surface area contributed by atoms with Crippen molar-refractivity contribution in [3.05, 3.63) is 91.5 Å². The van der Waals surface area contributed by atoms with Crippen LogP contribution < -0.4 is 48.9 Å². The summed E-state index contributed by atoms with van der Waals surface area (Å²) in [6.45, 7) is 14.1. The van der Waals surface area contributed by atoms with Gasteiger partial charge in [0.05, 0.1) is 226 Å². The second-order valence-electron chi connectivity index (χ2n) is 28.4. The summed E-state index contributed by atoms with van der Waals surface area (Å²) in [5, 5.41) is 63.8. The molecule has 5 atom stereocenters. The molecule has 0 fully saturated rings. The van der Waals surface area contributed by atoms with Crippen LogP contribution in [0.4, 0.5) is 19.7 Å². The number of benzene rings is 2. The third-order valence-corrected chi connectivity index (χ3v) is 19.5. The number of aliphatic hydroxyl groups is 1. The van der Waals surface area contributed by atoms with Gasteiger partial charge in [-0.2, -0.15) is 0 Å². The number of halogens is 1. The number of cyclic esters (lactones) is 1. The first-order valence-electron chi connectivity index (χ1n) is 40.1. The first-order chi connectivity index (χ1) is 57.8. The lowest BCUT2D eigenvalue weighted by Gasteiger charge is -2.31. The van der Waals surface area contributed by atoms with Crippen LogP contribution in [0.3, 0.4) is 0 Å². The summed E-state index contributed by atoms with van der Waals surface area (Å²) in [6, 6.07) is 4.05. The zero-order valence-electron chi connectivity index (χ0n) is 68.5. The highest BCUT2D eigenvalue weighted by atomic mass is 19.1. The number of urea groups is 1. The molecule has 3 aliphatic rings. The van der Waals surface area contributed by atoms with E-state index >= 15 is 4.39 Å². The molecule has 2 aliphatic heterocycles. The van der Waals surface area contributed by atoms with Crippen LogP contribution in [-0.2, 0) is 127 Å². The Morgan fingerprint density at radius 1 is 0.658 bits per heavy atom. The fourth-order valence-electron chi connectivity index (χ4n) is 13.0. The van der Waals surface area contributed by atoms with Crippen molar-refractivity contribution in [1.82, 2.24) is 51.5 Å². The number of hydrogen-bond acceptors (Lipinski definition) is 32. The molecule has 0 saturated heterocycles. The van der Waals surface area contributed by atoms with Crippen molar-refractivity contribution >= 4 is 64.2 Å². The number of ether oxygens (including phenoxy) is 14. The number of hydroxylamine groups is 4. The molecule has 1 aliphatic carbocycles. The zero-order chi connectivity index (χ0) is 86.8. The van der Waals surface area contributed by atoms with E-state index < -0.39 is 95.2 Å². The molecule has 7 rings (SSSR count). The molecule has 120 heavy (non-hydrogen) atoms. The summed E-state index contributed by atoms with van der Waals surface area (Å²) in [7, 11) is 0. The van der Waals surface area contributed by atoms with E-state index in [1.165, 1.54) is 15.5 Å². The third-order valence-electron chi connectivity index (χ3n) is 19.5. The molecule has 0 spiro atoms. The number of carbonyl (C=O) groups excluding carboxylic acids is 8. The number of esters is 1. The third kappa shape index (κ3) is 32.6. The Morgan fingerprint density at radius 2 is 1.18 bits per heavy atom. The number of nitrogens with two attached hydrogens (primary N) is 2. The highest BCUT2D eigenvalue weighted by molar-refractivity contribution is 5.99. The van der Waals surface area contributed by atoms with Gasteiger partial charge in [0.25, 0.3) is 5.56 Å². The lowest BCUT2D eigenvalue weighted by molar-refractivity contribution is -0.311. The van der Waals surface area contributed by atoms with Crippen LogP contribution in [0, 0.1) is 18.7 Å². The number of primary amides is 1. The summed E-state index contributed by atoms with van der Waals surface area (Å²) in [5.74, 6) is -4.90.